The van der Waals surface area contributed by atoms with E-state index in [2.05, 4.69) is 5.32 Å². The second-order valence-electron chi connectivity index (χ2n) is 4.93. The fourth-order valence-electron chi connectivity index (χ4n) is 2.76. The predicted octanol–water partition coefficient (Wildman–Crippen LogP) is 0.120. The van der Waals surface area contributed by atoms with Crippen LogP contribution in [-0.2, 0) is 14.6 Å². The van der Waals surface area contributed by atoms with Gasteiger partial charge in [0.1, 0.15) is 9.84 Å². The fourth-order valence-corrected chi connectivity index (χ4v) is 4.22. The molecule has 0 aromatic heterocycles. The molecule has 2 saturated heterocycles. The summed E-state index contributed by atoms with van der Waals surface area (Å²) in [5.41, 5.74) is 0. The largest absolute Gasteiger partial charge is 0.323 e. The Hall–Kier alpha value is -0.620. The molecule has 0 aliphatic carbocycles. The van der Waals surface area contributed by atoms with Crippen LogP contribution in [0, 0.1) is 0 Å². The molecule has 2 rings (SSSR count). The first-order valence-corrected chi connectivity index (χ1v) is 8.05. The maximum Gasteiger partial charge on any atom is 0.241 e. The van der Waals surface area contributed by atoms with Crippen molar-refractivity contribution in [1.29, 1.82) is 0 Å². The van der Waals surface area contributed by atoms with Crippen LogP contribution in [0.3, 0.4) is 0 Å². The van der Waals surface area contributed by atoms with Gasteiger partial charge in [0.15, 0.2) is 0 Å². The number of hydrogen-bond acceptors (Lipinski definition) is 4. The van der Waals surface area contributed by atoms with Gasteiger partial charge in [0, 0.05) is 6.04 Å². The van der Waals surface area contributed by atoms with Crippen molar-refractivity contribution in [2.45, 2.75) is 51.4 Å². The summed E-state index contributed by atoms with van der Waals surface area (Å²) in [7, 11) is -2.86. The van der Waals surface area contributed by atoms with Gasteiger partial charge in [0.2, 0.25) is 5.91 Å². The van der Waals surface area contributed by atoms with Gasteiger partial charge in [-0.3, -0.25) is 10.1 Å². The van der Waals surface area contributed by atoms with Crippen molar-refractivity contribution in [3.63, 3.8) is 0 Å². The van der Waals surface area contributed by atoms with Gasteiger partial charge in [-0.15, -0.1) is 0 Å². The zero-order chi connectivity index (χ0) is 12.6. The van der Waals surface area contributed by atoms with Gasteiger partial charge in [0.25, 0.3) is 0 Å². The summed E-state index contributed by atoms with van der Waals surface area (Å²) in [4.78, 5) is 14.0. The van der Waals surface area contributed by atoms with Gasteiger partial charge in [-0.05, 0) is 26.2 Å². The molecule has 17 heavy (non-hydrogen) atoms. The SMILES string of the molecule is CCC1NC(C)N(C2CCS(=O)(=O)CC2)C1=O. The van der Waals surface area contributed by atoms with Crippen LogP contribution >= 0.6 is 0 Å². The van der Waals surface area contributed by atoms with Crippen LogP contribution < -0.4 is 5.32 Å². The maximum atomic E-state index is 12.1. The zero-order valence-corrected chi connectivity index (χ0v) is 11.2. The molecule has 6 heteroatoms. The lowest BCUT2D eigenvalue weighted by molar-refractivity contribution is -0.132. The van der Waals surface area contributed by atoms with Crippen LogP contribution in [0.25, 0.3) is 0 Å². The van der Waals surface area contributed by atoms with Gasteiger partial charge in [0.05, 0.1) is 23.7 Å². The van der Waals surface area contributed by atoms with E-state index < -0.39 is 9.84 Å². The number of nitrogens with one attached hydrogen (secondary N) is 1. The molecule has 2 aliphatic heterocycles. The second-order valence-corrected chi connectivity index (χ2v) is 7.24. The molecule has 0 spiro atoms. The van der Waals surface area contributed by atoms with Crippen LogP contribution in [0.5, 0.6) is 0 Å². The van der Waals surface area contributed by atoms with Crippen LogP contribution in [0.1, 0.15) is 33.1 Å². The van der Waals surface area contributed by atoms with E-state index >= 15 is 0 Å². The third-order valence-electron chi connectivity index (χ3n) is 3.74. The molecule has 2 aliphatic rings. The Morgan fingerprint density at radius 3 is 2.41 bits per heavy atom. The van der Waals surface area contributed by atoms with Crippen molar-refractivity contribution in [3.05, 3.63) is 0 Å². The molecule has 0 bridgehead atoms. The molecule has 2 heterocycles. The number of carbonyl (C=O) groups is 1. The van der Waals surface area contributed by atoms with E-state index in [1.165, 1.54) is 0 Å². The van der Waals surface area contributed by atoms with Gasteiger partial charge < -0.3 is 4.90 Å². The molecule has 5 nitrogen and oxygen atoms in total. The molecule has 1 N–H and O–H groups in total. The molecule has 1 amide bonds. The number of amides is 1. The second kappa shape index (κ2) is 4.57. The number of hydrogen-bond donors (Lipinski definition) is 1. The normalized spacial score (nSPS) is 34.2. The Morgan fingerprint density at radius 1 is 1.35 bits per heavy atom. The highest BCUT2D eigenvalue weighted by molar-refractivity contribution is 7.91. The van der Waals surface area contributed by atoms with Gasteiger partial charge in [-0.1, -0.05) is 6.92 Å². The fraction of sp³-hybridized carbons (Fsp3) is 0.909. The summed E-state index contributed by atoms with van der Waals surface area (Å²) in [5, 5.41) is 3.25. The van der Waals surface area contributed by atoms with Crippen molar-refractivity contribution in [3.8, 4) is 0 Å². The molecule has 0 saturated carbocycles. The minimum absolute atomic E-state index is 0.0262. The van der Waals surface area contributed by atoms with Gasteiger partial charge in [-0.2, -0.15) is 0 Å². The molecule has 98 valence electrons. The minimum atomic E-state index is -2.86. The van der Waals surface area contributed by atoms with Crippen LogP contribution in [-0.4, -0.2) is 49.0 Å². The van der Waals surface area contributed by atoms with Crippen molar-refractivity contribution in [2.24, 2.45) is 0 Å². The van der Waals surface area contributed by atoms with E-state index in [0.717, 1.165) is 6.42 Å². The van der Waals surface area contributed by atoms with Gasteiger partial charge in [-0.25, -0.2) is 8.42 Å². The number of sulfone groups is 1. The molecule has 0 radical (unpaired) electrons. The summed E-state index contributed by atoms with van der Waals surface area (Å²) in [6.07, 6.45) is 1.97. The molecule has 2 unspecified atom stereocenters. The molecule has 0 aromatic carbocycles. The highest BCUT2D eigenvalue weighted by Gasteiger charge is 2.41. The first-order valence-electron chi connectivity index (χ1n) is 6.23. The lowest BCUT2D eigenvalue weighted by atomic mass is 10.1. The first-order chi connectivity index (χ1) is 7.94. The lowest BCUT2D eigenvalue weighted by Gasteiger charge is -2.33. The van der Waals surface area contributed by atoms with E-state index in [0.29, 0.717) is 12.8 Å². The first kappa shape index (κ1) is 12.8. The smallest absolute Gasteiger partial charge is 0.241 e. The third kappa shape index (κ3) is 2.47. The summed E-state index contributed by atoms with van der Waals surface area (Å²) >= 11 is 0. The Labute approximate surface area is 102 Å². The van der Waals surface area contributed by atoms with Crippen LogP contribution in [0.15, 0.2) is 0 Å². The van der Waals surface area contributed by atoms with E-state index in [-0.39, 0.29) is 35.7 Å². The molecular formula is C11H20N2O3S. The average molecular weight is 260 g/mol. The van der Waals surface area contributed by atoms with E-state index in [9.17, 15) is 13.2 Å². The highest BCUT2D eigenvalue weighted by Crippen LogP contribution is 2.24. The predicted molar refractivity (Wildman–Crippen MR) is 65.2 cm³/mol. The Morgan fingerprint density at radius 2 is 1.94 bits per heavy atom. The maximum absolute atomic E-state index is 12.1. The van der Waals surface area contributed by atoms with E-state index in [1.807, 2.05) is 18.7 Å². The van der Waals surface area contributed by atoms with Crippen LogP contribution in [0.2, 0.25) is 0 Å². The quantitative estimate of drug-likeness (QED) is 0.766. The third-order valence-corrected chi connectivity index (χ3v) is 5.45. The summed E-state index contributed by atoms with van der Waals surface area (Å²) in [6.45, 7) is 3.95. The monoisotopic (exact) mass is 260 g/mol. The van der Waals surface area contributed by atoms with E-state index in [4.69, 9.17) is 0 Å². The molecular weight excluding hydrogens is 240 g/mol. The Kier molecular flexibility index (Phi) is 3.45. The standard InChI is InChI=1S/C11H20N2O3S/c1-3-10-11(14)13(8(2)12-10)9-4-6-17(15,16)7-5-9/h8-10,12H,3-7H2,1-2H3. The topological polar surface area (TPSA) is 66.5 Å². The van der Waals surface area contributed by atoms with E-state index in [1.54, 1.807) is 0 Å². The Bertz CT molecular complexity index is 393. The molecule has 2 atom stereocenters. The minimum Gasteiger partial charge on any atom is -0.323 e. The number of nitrogens with zero attached hydrogens (tertiary/aromatic N) is 1. The highest BCUT2D eigenvalue weighted by atomic mass is 32.2. The number of rotatable bonds is 2. The average Bonchev–Trinajstić information content (AvgIpc) is 2.55. The van der Waals surface area contributed by atoms with Crippen molar-refractivity contribution in [1.82, 2.24) is 10.2 Å². The lowest BCUT2D eigenvalue weighted by Crippen LogP contribution is -2.46. The van der Waals surface area contributed by atoms with Crippen molar-refractivity contribution in [2.75, 3.05) is 11.5 Å². The molecule has 0 aromatic rings. The van der Waals surface area contributed by atoms with Gasteiger partial charge >= 0.3 is 0 Å². The molecule has 2 fully saturated rings. The number of carbonyl (C=O) groups excluding carboxylic acids is 1. The zero-order valence-electron chi connectivity index (χ0n) is 10.3. The summed E-state index contributed by atoms with van der Waals surface area (Å²) in [5.74, 6) is 0.555. The summed E-state index contributed by atoms with van der Waals surface area (Å²) in [6, 6.07) is -0.00592. The Balaban J connectivity index is 2.06. The summed E-state index contributed by atoms with van der Waals surface area (Å²) < 4.78 is 22.8. The van der Waals surface area contributed by atoms with Crippen LogP contribution in [0.4, 0.5) is 0 Å². The van der Waals surface area contributed by atoms with Crippen molar-refractivity contribution >= 4 is 15.7 Å². The van der Waals surface area contributed by atoms with Crippen molar-refractivity contribution < 1.29 is 13.2 Å².